The standard InChI is InChI=1S/C4H5N3O2/c1-6-3-5-2-4(6)7(8)9/h2,5H,1H3. The van der Waals surface area contributed by atoms with Gasteiger partial charge in [0.1, 0.15) is 0 Å². The summed E-state index contributed by atoms with van der Waals surface area (Å²) in [5, 5.41) is 12.5. The molecular formula is C4H5N3O2. The highest BCUT2D eigenvalue weighted by Gasteiger charge is 2.22. The first-order valence-electron chi connectivity index (χ1n) is 2.31. The molecule has 0 amide bonds. The molecule has 1 aliphatic rings. The van der Waals surface area contributed by atoms with Crippen molar-refractivity contribution in [1.29, 1.82) is 0 Å². The summed E-state index contributed by atoms with van der Waals surface area (Å²) >= 11 is 0. The van der Waals surface area contributed by atoms with E-state index in [1.54, 1.807) is 7.05 Å². The zero-order chi connectivity index (χ0) is 6.85. The second-order valence-electron chi connectivity index (χ2n) is 1.57. The molecular weight excluding hydrogens is 122 g/mol. The summed E-state index contributed by atoms with van der Waals surface area (Å²) in [6.07, 6.45) is 1.28. The van der Waals surface area contributed by atoms with Gasteiger partial charge in [-0.2, -0.15) is 0 Å². The average molecular weight is 127 g/mol. The van der Waals surface area contributed by atoms with E-state index in [0.29, 0.717) is 0 Å². The van der Waals surface area contributed by atoms with Crippen molar-refractivity contribution in [2.24, 2.45) is 0 Å². The minimum Gasteiger partial charge on any atom is -0.358 e. The summed E-state index contributed by atoms with van der Waals surface area (Å²) in [6.45, 7) is 2.50. The predicted octanol–water partition coefficient (Wildman–Crippen LogP) is -0.407. The van der Waals surface area contributed by atoms with Crippen molar-refractivity contribution < 1.29 is 4.92 Å². The van der Waals surface area contributed by atoms with Crippen LogP contribution in [0.4, 0.5) is 0 Å². The molecule has 1 rings (SSSR count). The Balaban J connectivity index is 2.68. The molecule has 0 aliphatic carbocycles. The summed E-state index contributed by atoms with van der Waals surface area (Å²) in [6, 6.07) is 0. The van der Waals surface area contributed by atoms with Crippen LogP contribution in [0.2, 0.25) is 0 Å². The van der Waals surface area contributed by atoms with Crippen LogP contribution >= 0.6 is 0 Å². The van der Waals surface area contributed by atoms with Gasteiger partial charge in [0.05, 0.1) is 13.2 Å². The number of nitrogens with one attached hydrogen (secondary N) is 1. The van der Waals surface area contributed by atoms with Crippen molar-refractivity contribution in [2.75, 3.05) is 7.05 Å². The van der Waals surface area contributed by atoms with E-state index in [1.807, 2.05) is 0 Å². The molecule has 0 aromatic heterocycles. The van der Waals surface area contributed by atoms with Crippen LogP contribution in [0.5, 0.6) is 0 Å². The highest BCUT2D eigenvalue weighted by Crippen LogP contribution is 2.06. The molecule has 0 unspecified atom stereocenters. The fourth-order valence-corrected chi connectivity index (χ4v) is 0.523. The van der Waals surface area contributed by atoms with Gasteiger partial charge in [0.2, 0.25) is 0 Å². The average Bonchev–Trinajstić information content (AvgIpc) is 2.13. The Morgan fingerprint density at radius 1 is 2.00 bits per heavy atom. The normalized spacial score (nSPS) is 17.0. The Hall–Kier alpha value is -1.26. The molecule has 9 heavy (non-hydrogen) atoms. The van der Waals surface area contributed by atoms with Crippen LogP contribution in [0.1, 0.15) is 0 Å². The minimum atomic E-state index is -0.479. The van der Waals surface area contributed by atoms with E-state index < -0.39 is 4.92 Å². The van der Waals surface area contributed by atoms with Crippen molar-refractivity contribution in [1.82, 2.24) is 10.2 Å². The van der Waals surface area contributed by atoms with E-state index >= 15 is 0 Å². The zero-order valence-corrected chi connectivity index (χ0v) is 4.79. The molecule has 2 radical (unpaired) electrons. The first-order chi connectivity index (χ1) is 4.22. The minimum absolute atomic E-state index is 0.00926. The van der Waals surface area contributed by atoms with E-state index in [-0.39, 0.29) is 5.82 Å². The number of rotatable bonds is 1. The maximum atomic E-state index is 10.0. The Morgan fingerprint density at radius 2 is 2.67 bits per heavy atom. The molecule has 48 valence electrons. The quantitative estimate of drug-likeness (QED) is 0.384. The largest absolute Gasteiger partial charge is 0.358 e. The third-order valence-corrected chi connectivity index (χ3v) is 0.964. The molecule has 0 fully saturated rings. The van der Waals surface area contributed by atoms with Gasteiger partial charge in [0, 0.05) is 0 Å². The van der Waals surface area contributed by atoms with Gasteiger partial charge in [0.15, 0.2) is 0 Å². The van der Waals surface area contributed by atoms with Crippen molar-refractivity contribution >= 4 is 0 Å². The zero-order valence-electron chi connectivity index (χ0n) is 4.79. The predicted molar refractivity (Wildman–Crippen MR) is 29.2 cm³/mol. The molecule has 5 heteroatoms. The van der Waals surface area contributed by atoms with Gasteiger partial charge in [-0.25, -0.2) is 4.90 Å². The van der Waals surface area contributed by atoms with Gasteiger partial charge >= 0.3 is 12.5 Å². The lowest BCUT2D eigenvalue weighted by Crippen LogP contribution is -2.16. The Morgan fingerprint density at radius 3 is 2.89 bits per heavy atom. The van der Waals surface area contributed by atoms with E-state index in [9.17, 15) is 10.1 Å². The maximum absolute atomic E-state index is 10.0. The van der Waals surface area contributed by atoms with Crippen molar-refractivity contribution in [3.8, 4) is 0 Å². The van der Waals surface area contributed by atoms with Crippen LogP contribution in [0.3, 0.4) is 0 Å². The van der Waals surface area contributed by atoms with Crippen LogP contribution in [0.15, 0.2) is 12.0 Å². The Bertz CT molecular complexity index is 165. The fraction of sp³-hybridized carbons (Fsp3) is 0.250. The Labute approximate surface area is 52.1 Å². The fourth-order valence-electron chi connectivity index (χ4n) is 0.523. The van der Waals surface area contributed by atoms with Crippen molar-refractivity contribution in [3.63, 3.8) is 0 Å². The Kier molecular flexibility index (Phi) is 1.26. The number of nitro groups is 1. The molecule has 1 aliphatic heterocycles. The second kappa shape index (κ2) is 1.93. The molecule has 0 saturated carbocycles. The second-order valence-corrected chi connectivity index (χ2v) is 1.57. The van der Waals surface area contributed by atoms with Crippen molar-refractivity contribution in [2.45, 2.75) is 0 Å². The monoisotopic (exact) mass is 127 g/mol. The first kappa shape index (κ1) is 5.87. The summed E-state index contributed by atoms with van der Waals surface area (Å²) in [4.78, 5) is 10.8. The molecule has 1 heterocycles. The molecule has 0 bridgehead atoms. The lowest BCUT2D eigenvalue weighted by Gasteiger charge is -2.01. The summed E-state index contributed by atoms with van der Waals surface area (Å²) in [7, 11) is 1.55. The topological polar surface area (TPSA) is 58.4 Å². The first-order valence-corrected chi connectivity index (χ1v) is 2.31. The SMILES string of the molecule is CN1[C]NC=C1[N+](=O)[O-]. The van der Waals surface area contributed by atoms with Gasteiger partial charge in [-0.15, -0.1) is 0 Å². The maximum Gasteiger partial charge on any atom is 0.336 e. The van der Waals surface area contributed by atoms with E-state index in [4.69, 9.17) is 0 Å². The highest BCUT2D eigenvalue weighted by molar-refractivity contribution is 4.99. The van der Waals surface area contributed by atoms with E-state index in [2.05, 4.69) is 12.0 Å². The number of hydrogen-bond donors (Lipinski definition) is 1. The van der Waals surface area contributed by atoms with Gasteiger partial charge in [-0.05, 0) is 4.92 Å². The number of nitrogens with zero attached hydrogens (tertiary/aromatic N) is 2. The molecule has 5 nitrogen and oxygen atoms in total. The van der Waals surface area contributed by atoms with Gasteiger partial charge in [0.25, 0.3) is 0 Å². The molecule has 0 saturated heterocycles. The lowest BCUT2D eigenvalue weighted by atomic mass is 10.7. The van der Waals surface area contributed by atoms with Crippen LogP contribution in [0.25, 0.3) is 0 Å². The third kappa shape index (κ3) is 0.933. The third-order valence-electron chi connectivity index (χ3n) is 0.964. The summed E-state index contributed by atoms with van der Waals surface area (Å²) in [5.74, 6) is 0.00926. The van der Waals surface area contributed by atoms with Crippen LogP contribution in [-0.4, -0.2) is 16.9 Å². The molecule has 0 atom stereocenters. The van der Waals surface area contributed by atoms with Crippen molar-refractivity contribution in [3.05, 3.63) is 28.8 Å². The number of hydrogen-bond acceptors (Lipinski definition) is 4. The van der Waals surface area contributed by atoms with Crippen LogP contribution < -0.4 is 5.32 Å². The van der Waals surface area contributed by atoms with Gasteiger partial charge in [-0.1, -0.05) is 0 Å². The highest BCUT2D eigenvalue weighted by atomic mass is 16.6. The summed E-state index contributed by atoms with van der Waals surface area (Å²) in [5.41, 5.74) is 0. The van der Waals surface area contributed by atoms with Crippen LogP contribution in [-0.2, 0) is 0 Å². The van der Waals surface area contributed by atoms with E-state index in [1.165, 1.54) is 11.1 Å². The lowest BCUT2D eigenvalue weighted by molar-refractivity contribution is -0.442. The van der Waals surface area contributed by atoms with Crippen LogP contribution in [0, 0.1) is 16.8 Å². The summed E-state index contributed by atoms with van der Waals surface area (Å²) < 4.78 is 0. The molecule has 1 N–H and O–H groups in total. The van der Waals surface area contributed by atoms with Gasteiger partial charge < -0.3 is 15.4 Å². The smallest absolute Gasteiger partial charge is 0.336 e. The van der Waals surface area contributed by atoms with E-state index in [0.717, 1.165) is 0 Å². The van der Waals surface area contributed by atoms with Gasteiger partial charge in [-0.3, -0.25) is 0 Å². The molecule has 0 spiro atoms. The molecule has 0 aromatic carbocycles. The molecule has 0 aromatic rings.